The van der Waals surface area contributed by atoms with Gasteiger partial charge in [-0.15, -0.1) is 0 Å². The zero-order valence-corrected chi connectivity index (χ0v) is 18.3. The molecule has 4 rings (SSSR count). The first-order valence-corrected chi connectivity index (χ1v) is 11.6. The number of piperidine rings is 1. The van der Waals surface area contributed by atoms with E-state index < -0.39 is 15.7 Å². The number of halogens is 2. The van der Waals surface area contributed by atoms with Gasteiger partial charge in [-0.1, -0.05) is 25.4 Å². The van der Waals surface area contributed by atoms with Crippen molar-refractivity contribution in [3.8, 4) is 11.5 Å². The van der Waals surface area contributed by atoms with Crippen molar-refractivity contribution in [2.75, 3.05) is 18.0 Å². The van der Waals surface area contributed by atoms with Crippen LogP contribution in [0.25, 0.3) is 11.5 Å². The average molecular weight is 449 g/mol. The summed E-state index contributed by atoms with van der Waals surface area (Å²) in [4.78, 5) is 6.29. The SMILES string of the molecule is CC1CC(C)CN(c2oc(-c3ccc(Cl)cc3)nc2S(=O)(=O)c2ccc(F)cc2)C1. The molecule has 158 valence electrons. The molecule has 2 unspecified atom stereocenters. The first-order valence-electron chi connectivity index (χ1n) is 9.76. The summed E-state index contributed by atoms with van der Waals surface area (Å²) in [7, 11) is -4.01. The van der Waals surface area contributed by atoms with Gasteiger partial charge in [0.2, 0.25) is 26.6 Å². The van der Waals surface area contributed by atoms with Gasteiger partial charge in [-0.3, -0.25) is 0 Å². The maximum atomic E-state index is 13.4. The summed E-state index contributed by atoms with van der Waals surface area (Å²) in [6, 6.07) is 11.6. The zero-order chi connectivity index (χ0) is 21.5. The van der Waals surface area contributed by atoms with Gasteiger partial charge in [0.25, 0.3) is 0 Å². The van der Waals surface area contributed by atoms with Crippen LogP contribution in [0, 0.1) is 17.7 Å². The van der Waals surface area contributed by atoms with E-state index in [0.29, 0.717) is 35.5 Å². The summed E-state index contributed by atoms with van der Waals surface area (Å²) >= 11 is 5.97. The van der Waals surface area contributed by atoms with Crippen LogP contribution in [0.2, 0.25) is 5.02 Å². The second-order valence-corrected chi connectivity index (χ2v) is 10.2. The average Bonchev–Trinajstić information content (AvgIpc) is 3.14. The minimum absolute atomic E-state index is 0.0285. The monoisotopic (exact) mass is 448 g/mol. The number of nitrogens with zero attached hydrogens (tertiary/aromatic N) is 2. The molecule has 2 atom stereocenters. The summed E-state index contributed by atoms with van der Waals surface area (Å²) in [5, 5.41) is 0.406. The molecule has 2 heterocycles. The van der Waals surface area contributed by atoms with E-state index in [-0.39, 0.29) is 21.7 Å². The van der Waals surface area contributed by atoms with E-state index in [4.69, 9.17) is 16.0 Å². The fourth-order valence-electron chi connectivity index (χ4n) is 3.94. The number of anilines is 1. The summed E-state index contributed by atoms with van der Waals surface area (Å²) in [5.74, 6) is 0.698. The smallest absolute Gasteiger partial charge is 0.236 e. The van der Waals surface area contributed by atoms with Crippen molar-refractivity contribution in [3.05, 3.63) is 59.4 Å². The van der Waals surface area contributed by atoms with E-state index in [9.17, 15) is 12.8 Å². The van der Waals surface area contributed by atoms with Crippen LogP contribution in [0.15, 0.2) is 62.9 Å². The highest BCUT2D eigenvalue weighted by Crippen LogP contribution is 2.37. The van der Waals surface area contributed by atoms with E-state index >= 15 is 0 Å². The van der Waals surface area contributed by atoms with Crippen molar-refractivity contribution in [1.82, 2.24) is 4.98 Å². The summed E-state index contributed by atoms with van der Waals surface area (Å²) in [6.45, 7) is 5.61. The molecule has 0 radical (unpaired) electrons. The number of oxazole rings is 1. The van der Waals surface area contributed by atoms with E-state index in [1.165, 1.54) is 12.1 Å². The van der Waals surface area contributed by atoms with Gasteiger partial charge in [-0.25, -0.2) is 12.8 Å². The molecule has 0 N–H and O–H groups in total. The highest BCUT2D eigenvalue weighted by molar-refractivity contribution is 7.91. The van der Waals surface area contributed by atoms with Gasteiger partial charge >= 0.3 is 0 Å². The van der Waals surface area contributed by atoms with Crippen LogP contribution >= 0.6 is 11.6 Å². The Morgan fingerprint density at radius 1 is 1.03 bits per heavy atom. The summed E-state index contributed by atoms with van der Waals surface area (Å²) in [6.07, 6.45) is 1.06. The van der Waals surface area contributed by atoms with Gasteiger partial charge in [-0.05, 0) is 66.8 Å². The Morgan fingerprint density at radius 2 is 1.63 bits per heavy atom. The Kier molecular flexibility index (Phi) is 5.59. The predicted octanol–water partition coefficient (Wildman–Crippen LogP) is 5.45. The Hall–Kier alpha value is -2.38. The highest BCUT2D eigenvalue weighted by atomic mass is 35.5. The van der Waals surface area contributed by atoms with Crippen LogP contribution in [-0.2, 0) is 9.84 Å². The standard InChI is InChI=1S/C22H22ClFN2O3S/c1-14-11-15(2)13-26(12-14)22-21(30(27,28)19-9-7-18(24)8-10-19)25-20(29-22)16-3-5-17(23)6-4-16/h3-10,14-15H,11-13H2,1-2H3. The third-order valence-corrected chi connectivity index (χ3v) is 7.12. The van der Waals surface area contributed by atoms with E-state index in [2.05, 4.69) is 18.8 Å². The minimum atomic E-state index is -4.01. The molecule has 1 aliphatic rings. The predicted molar refractivity (Wildman–Crippen MR) is 114 cm³/mol. The number of hydrogen-bond acceptors (Lipinski definition) is 5. The van der Waals surface area contributed by atoms with Crippen LogP contribution in [0.5, 0.6) is 0 Å². The third kappa shape index (κ3) is 4.09. The van der Waals surface area contributed by atoms with Crippen molar-refractivity contribution < 1.29 is 17.2 Å². The van der Waals surface area contributed by atoms with Crippen molar-refractivity contribution in [1.29, 1.82) is 0 Å². The maximum absolute atomic E-state index is 13.4. The van der Waals surface area contributed by atoms with Gasteiger partial charge in [0, 0.05) is 23.7 Å². The van der Waals surface area contributed by atoms with Crippen LogP contribution in [0.1, 0.15) is 20.3 Å². The Labute approximate surface area is 180 Å². The van der Waals surface area contributed by atoms with Crippen molar-refractivity contribution in [2.24, 2.45) is 11.8 Å². The number of rotatable bonds is 4. The first kappa shape index (κ1) is 20.9. The number of sulfone groups is 1. The second-order valence-electron chi connectivity index (χ2n) is 7.94. The summed E-state index contributed by atoms with van der Waals surface area (Å²) < 4.78 is 46.1. The van der Waals surface area contributed by atoms with Gasteiger partial charge in [-0.2, -0.15) is 4.98 Å². The van der Waals surface area contributed by atoms with Crippen molar-refractivity contribution in [3.63, 3.8) is 0 Å². The van der Waals surface area contributed by atoms with E-state index in [1.807, 2.05) is 4.90 Å². The molecule has 1 aliphatic heterocycles. The van der Waals surface area contributed by atoms with Crippen molar-refractivity contribution >= 4 is 27.3 Å². The Balaban J connectivity index is 1.85. The molecule has 2 aromatic carbocycles. The Morgan fingerprint density at radius 3 is 2.23 bits per heavy atom. The first-order chi connectivity index (χ1) is 14.2. The number of benzene rings is 2. The van der Waals surface area contributed by atoms with Crippen LogP contribution in [-0.4, -0.2) is 26.5 Å². The van der Waals surface area contributed by atoms with Crippen LogP contribution in [0.3, 0.4) is 0 Å². The second kappa shape index (κ2) is 8.04. The topological polar surface area (TPSA) is 63.4 Å². The molecule has 1 fully saturated rings. The lowest BCUT2D eigenvalue weighted by Crippen LogP contribution is -2.39. The molecular formula is C22H22ClFN2O3S. The van der Waals surface area contributed by atoms with Crippen LogP contribution < -0.4 is 4.90 Å². The third-order valence-electron chi connectivity index (χ3n) is 5.21. The van der Waals surface area contributed by atoms with E-state index in [1.54, 1.807) is 24.3 Å². The highest BCUT2D eigenvalue weighted by Gasteiger charge is 2.34. The lowest BCUT2D eigenvalue weighted by molar-refractivity contribution is 0.342. The van der Waals surface area contributed by atoms with Gasteiger partial charge in [0.15, 0.2) is 0 Å². The minimum Gasteiger partial charge on any atom is -0.419 e. The molecule has 8 heteroatoms. The fourth-order valence-corrected chi connectivity index (χ4v) is 5.39. The summed E-state index contributed by atoms with van der Waals surface area (Å²) in [5.41, 5.74) is 0.624. The molecule has 1 saturated heterocycles. The van der Waals surface area contributed by atoms with Gasteiger partial charge in [0.05, 0.1) is 4.90 Å². The lowest BCUT2D eigenvalue weighted by atomic mass is 9.92. The lowest BCUT2D eigenvalue weighted by Gasteiger charge is -2.34. The molecule has 0 bridgehead atoms. The molecule has 5 nitrogen and oxygen atoms in total. The molecule has 0 aliphatic carbocycles. The Bertz CT molecular complexity index is 1130. The molecular weight excluding hydrogens is 427 g/mol. The largest absolute Gasteiger partial charge is 0.419 e. The molecule has 0 saturated carbocycles. The van der Waals surface area contributed by atoms with Gasteiger partial charge in [0.1, 0.15) is 5.82 Å². The zero-order valence-electron chi connectivity index (χ0n) is 16.7. The maximum Gasteiger partial charge on any atom is 0.236 e. The van der Waals surface area contributed by atoms with Gasteiger partial charge < -0.3 is 9.32 Å². The normalized spacial score (nSPS) is 19.8. The molecule has 30 heavy (non-hydrogen) atoms. The molecule has 0 spiro atoms. The number of hydrogen-bond donors (Lipinski definition) is 0. The number of aromatic nitrogens is 1. The molecule has 0 amide bonds. The molecule has 3 aromatic rings. The molecule has 1 aromatic heterocycles. The van der Waals surface area contributed by atoms with Crippen LogP contribution in [0.4, 0.5) is 10.3 Å². The fraction of sp³-hybridized carbons (Fsp3) is 0.318. The van der Waals surface area contributed by atoms with Crippen molar-refractivity contribution in [2.45, 2.75) is 30.2 Å². The van der Waals surface area contributed by atoms with E-state index in [0.717, 1.165) is 18.6 Å². The quantitative estimate of drug-likeness (QED) is 0.496.